The molecule has 0 aromatic rings. The molecule has 0 aromatic heterocycles. The predicted octanol–water partition coefficient (Wildman–Crippen LogP) is 3.72. The van der Waals surface area contributed by atoms with Crippen molar-refractivity contribution in [2.24, 2.45) is 16.8 Å². The maximum absolute atomic E-state index is 5.33. The van der Waals surface area contributed by atoms with E-state index in [0.717, 1.165) is 56.9 Å². The van der Waals surface area contributed by atoms with Gasteiger partial charge in [-0.15, -0.1) is 24.0 Å². The minimum atomic E-state index is 0. The van der Waals surface area contributed by atoms with Gasteiger partial charge >= 0.3 is 0 Å². The van der Waals surface area contributed by atoms with Crippen LogP contribution in [0, 0.1) is 11.8 Å². The molecule has 1 aliphatic heterocycles. The fraction of sp³-hybridized carbons (Fsp3) is 0.833. The second-order valence-electron chi connectivity index (χ2n) is 6.79. The minimum Gasteiger partial charge on any atom is -0.377 e. The summed E-state index contributed by atoms with van der Waals surface area (Å²) in [5, 5.41) is 6.88. The largest absolute Gasteiger partial charge is 0.377 e. The van der Waals surface area contributed by atoms with Crippen LogP contribution in [-0.4, -0.2) is 39.3 Å². The van der Waals surface area contributed by atoms with Crippen LogP contribution in [0.4, 0.5) is 0 Å². The molecule has 2 N–H and O–H groups in total. The molecule has 134 valence electrons. The molecule has 1 fully saturated rings. The lowest BCUT2D eigenvalue weighted by atomic mass is 9.81. The van der Waals surface area contributed by atoms with Crippen LogP contribution in [0.15, 0.2) is 16.6 Å². The molecule has 2 atom stereocenters. The summed E-state index contributed by atoms with van der Waals surface area (Å²) in [6.45, 7) is 6.03. The van der Waals surface area contributed by atoms with Crippen molar-refractivity contribution in [1.82, 2.24) is 10.6 Å². The van der Waals surface area contributed by atoms with Gasteiger partial charge in [-0.25, -0.2) is 0 Å². The van der Waals surface area contributed by atoms with Crippen molar-refractivity contribution in [3.05, 3.63) is 11.6 Å². The highest BCUT2D eigenvalue weighted by molar-refractivity contribution is 14.0. The van der Waals surface area contributed by atoms with E-state index in [2.05, 4.69) is 28.6 Å². The third-order valence-electron chi connectivity index (χ3n) is 4.91. The molecule has 1 aliphatic carbocycles. The van der Waals surface area contributed by atoms with Crippen LogP contribution in [0.5, 0.6) is 0 Å². The van der Waals surface area contributed by atoms with Crippen molar-refractivity contribution in [2.75, 3.05) is 33.4 Å². The van der Waals surface area contributed by atoms with Gasteiger partial charge in [0.1, 0.15) is 0 Å². The number of hydrogen-bond acceptors (Lipinski definition) is 2. The highest BCUT2D eigenvalue weighted by Gasteiger charge is 2.18. The van der Waals surface area contributed by atoms with E-state index in [-0.39, 0.29) is 24.0 Å². The molecule has 1 saturated carbocycles. The Kier molecular flexibility index (Phi) is 10.9. The average Bonchev–Trinajstić information content (AvgIpc) is 2.54. The van der Waals surface area contributed by atoms with Gasteiger partial charge in [0.2, 0.25) is 0 Å². The molecule has 0 spiro atoms. The molecule has 2 unspecified atom stereocenters. The van der Waals surface area contributed by atoms with Crippen LogP contribution in [-0.2, 0) is 4.74 Å². The van der Waals surface area contributed by atoms with Gasteiger partial charge in [0, 0.05) is 20.1 Å². The molecule has 0 saturated heterocycles. The van der Waals surface area contributed by atoms with Crippen LogP contribution in [0.1, 0.15) is 51.9 Å². The van der Waals surface area contributed by atoms with Crippen molar-refractivity contribution >= 4 is 29.9 Å². The Balaban J connectivity index is 0.00000264. The normalized spacial score (nSPS) is 25.3. The molecule has 0 aromatic carbocycles. The van der Waals surface area contributed by atoms with Gasteiger partial charge in [0.05, 0.1) is 13.2 Å². The Bertz CT molecular complexity index is 384. The summed E-state index contributed by atoms with van der Waals surface area (Å²) in [7, 11) is 1.85. The van der Waals surface area contributed by atoms with Crippen LogP contribution < -0.4 is 10.6 Å². The highest BCUT2D eigenvalue weighted by Crippen LogP contribution is 2.30. The van der Waals surface area contributed by atoms with Gasteiger partial charge in [0.25, 0.3) is 0 Å². The van der Waals surface area contributed by atoms with E-state index in [9.17, 15) is 0 Å². The topological polar surface area (TPSA) is 45.7 Å². The van der Waals surface area contributed by atoms with E-state index in [1.165, 1.54) is 37.7 Å². The summed E-state index contributed by atoms with van der Waals surface area (Å²) in [5.41, 5.74) is 1.50. The number of nitrogens with one attached hydrogen (secondary N) is 2. The third-order valence-corrected chi connectivity index (χ3v) is 4.91. The highest BCUT2D eigenvalue weighted by atomic mass is 127. The number of hydrogen-bond donors (Lipinski definition) is 2. The number of halogens is 1. The Labute approximate surface area is 158 Å². The van der Waals surface area contributed by atoms with Crippen molar-refractivity contribution < 1.29 is 4.74 Å². The number of ether oxygens (including phenoxy) is 1. The van der Waals surface area contributed by atoms with E-state index in [0.29, 0.717) is 0 Å². The van der Waals surface area contributed by atoms with Crippen LogP contribution in [0.3, 0.4) is 0 Å². The van der Waals surface area contributed by atoms with Gasteiger partial charge in [-0.05, 0) is 37.5 Å². The zero-order valence-electron chi connectivity index (χ0n) is 14.8. The van der Waals surface area contributed by atoms with E-state index in [1.54, 1.807) is 0 Å². The lowest BCUT2D eigenvalue weighted by Crippen LogP contribution is -2.39. The number of nitrogens with zero attached hydrogens (tertiary/aromatic N) is 1. The molecule has 0 amide bonds. The molecule has 5 heteroatoms. The summed E-state index contributed by atoms with van der Waals surface area (Å²) in [6, 6.07) is 0. The first kappa shape index (κ1) is 20.7. The zero-order valence-corrected chi connectivity index (χ0v) is 17.1. The van der Waals surface area contributed by atoms with Gasteiger partial charge in [-0.2, -0.15) is 0 Å². The molecule has 1 heterocycles. The number of aliphatic imine (C=N–C) groups is 1. The SMILES string of the molecule is CN=C(NCCC1=CCOCC1)NCCC1CCCC(C)C1.I. The molecular formula is C18H34IN3O. The van der Waals surface area contributed by atoms with Gasteiger partial charge in [-0.1, -0.05) is 37.8 Å². The number of guanidine groups is 1. The van der Waals surface area contributed by atoms with Crippen LogP contribution in [0.2, 0.25) is 0 Å². The first-order valence-corrected chi connectivity index (χ1v) is 8.98. The predicted molar refractivity (Wildman–Crippen MR) is 109 cm³/mol. The van der Waals surface area contributed by atoms with Crippen molar-refractivity contribution in [3.8, 4) is 0 Å². The summed E-state index contributed by atoms with van der Waals surface area (Å²) in [6.07, 6.45) is 11.3. The van der Waals surface area contributed by atoms with Crippen molar-refractivity contribution in [3.63, 3.8) is 0 Å². The second kappa shape index (κ2) is 12.1. The monoisotopic (exact) mass is 435 g/mol. The molecule has 23 heavy (non-hydrogen) atoms. The molecule has 2 aliphatic rings. The molecule has 2 rings (SSSR count). The molecule has 0 radical (unpaired) electrons. The summed E-state index contributed by atoms with van der Waals surface area (Å²) >= 11 is 0. The quantitative estimate of drug-likeness (QED) is 0.289. The molecule has 0 bridgehead atoms. The lowest BCUT2D eigenvalue weighted by molar-refractivity contribution is 0.153. The van der Waals surface area contributed by atoms with Gasteiger partial charge in [0.15, 0.2) is 5.96 Å². The van der Waals surface area contributed by atoms with E-state index in [1.807, 2.05) is 7.05 Å². The van der Waals surface area contributed by atoms with Crippen LogP contribution >= 0.6 is 24.0 Å². The van der Waals surface area contributed by atoms with E-state index < -0.39 is 0 Å². The average molecular weight is 435 g/mol. The Morgan fingerprint density at radius 3 is 2.83 bits per heavy atom. The number of rotatable bonds is 6. The first-order valence-electron chi connectivity index (χ1n) is 8.98. The maximum Gasteiger partial charge on any atom is 0.190 e. The van der Waals surface area contributed by atoms with E-state index in [4.69, 9.17) is 4.74 Å². The first-order chi connectivity index (χ1) is 10.8. The second-order valence-corrected chi connectivity index (χ2v) is 6.79. The van der Waals surface area contributed by atoms with Crippen molar-refractivity contribution in [1.29, 1.82) is 0 Å². The van der Waals surface area contributed by atoms with Crippen LogP contribution in [0.25, 0.3) is 0 Å². The molecule has 4 nitrogen and oxygen atoms in total. The van der Waals surface area contributed by atoms with E-state index >= 15 is 0 Å². The summed E-state index contributed by atoms with van der Waals surface area (Å²) in [5.74, 6) is 2.77. The van der Waals surface area contributed by atoms with Gasteiger partial charge in [-0.3, -0.25) is 4.99 Å². The third kappa shape index (κ3) is 8.38. The standard InChI is InChI=1S/C18H33N3O.HI/c1-15-4-3-5-17(14-15)7-11-21-18(19-2)20-10-6-16-8-12-22-13-9-16;/h8,15,17H,3-7,9-14H2,1-2H3,(H2,19,20,21);1H. The summed E-state index contributed by atoms with van der Waals surface area (Å²) < 4.78 is 5.33. The fourth-order valence-corrected chi connectivity index (χ4v) is 3.57. The van der Waals surface area contributed by atoms with Gasteiger partial charge < -0.3 is 15.4 Å². The smallest absolute Gasteiger partial charge is 0.190 e. The minimum absolute atomic E-state index is 0. The molecular weight excluding hydrogens is 401 g/mol. The fourth-order valence-electron chi connectivity index (χ4n) is 3.57. The van der Waals surface area contributed by atoms with Crippen molar-refractivity contribution in [2.45, 2.75) is 51.9 Å². The Hall–Kier alpha value is -0.300. The Morgan fingerprint density at radius 1 is 1.30 bits per heavy atom. The lowest BCUT2D eigenvalue weighted by Gasteiger charge is -2.26. The maximum atomic E-state index is 5.33. The zero-order chi connectivity index (χ0) is 15.6. The summed E-state index contributed by atoms with van der Waals surface area (Å²) in [4.78, 5) is 4.32. The Morgan fingerprint density at radius 2 is 2.13 bits per heavy atom.